The van der Waals surface area contributed by atoms with Crippen LogP contribution in [0.1, 0.15) is 29.8 Å². The third-order valence-corrected chi connectivity index (χ3v) is 3.67. The Morgan fingerprint density at radius 3 is 2.64 bits per heavy atom. The van der Waals surface area contributed by atoms with Crippen LogP contribution < -0.4 is 15.4 Å². The Bertz CT molecular complexity index is 717. The monoisotopic (exact) mass is 344 g/mol. The third-order valence-electron chi connectivity index (χ3n) is 3.67. The van der Waals surface area contributed by atoms with Crippen LogP contribution in [0.25, 0.3) is 0 Å². The molecule has 5 heteroatoms. The van der Waals surface area contributed by atoms with Crippen molar-refractivity contribution in [2.45, 2.75) is 20.8 Å². The van der Waals surface area contributed by atoms with Crippen LogP contribution in [0.5, 0.6) is 5.75 Å². The van der Waals surface area contributed by atoms with Gasteiger partial charge in [0.1, 0.15) is 6.61 Å². The maximum Gasteiger partial charge on any atom is 0.251 e. The normalized spacial score (nSPS) is 10.6. The van der Waals surface area contributed by atoms with E-state index < -0.39 is 0 Å². The minimum absolute atomic E-state index is 0.0637. The number of aryl methyl sites for hydroxylation is 1. The second kappa shape index (κ2) is 9.06. The SMILES string of the molecule is Cc1cc(C(=O)NCC(C)C)ccc1NCCOc1ccccc1F. The van der Waals surface area contributed by atoms with E-state index in [9.17, 15) is 9.18 Å². The maximum atomic E-state index is 13.5. The molecule has 0 saturated carbocycles. The highest BCUT2D eigenvalue weighted by Gasteiger charge is 2.08. The summed E-state index contributed by atoms with van der Waals surface area (Å²) in [4.78, 5) is 12.1. The first-order chi connectivity index (χ1) is 12.0. The van der Waals surface area contributed by atoms with Gasteiger partial charge in [-0.25, -0.2) is 4.39 Å². The van der Waals surface area contributed by atoms with Crippen molar-refractivity contribution in [3.63, 3.8) is 0 Å². The average molecular weight is 344 g/mol. The number of rotatable bonds is 8. The summed E-state index contributed by atoms with van der Waals surface area (Å²) in [6, 6.07) is 11.9. The number of amides is 1. The topological polar surface area (TPSA) is 50.4 Å². The molecule has 2 aromatic rings. The van der Waals surface area contributed by atoms with Crippen LogP contribution in [0, 0.1) is 18.7 Å². The van der Waals surface area contributed by atoms with Gasteiger partial charge in [0.2, 0.25) is 0 Å². The standard InChI is InChI=1S/C20H25FN2O2/c1-14(2)13-23-20(24)16-8-9-18(15(3)12-16)22-10-11-25-19-7-5-4-6-17(19)21/h4-9,12,14,22H,10-11,13H2,1-3H3,(H,23,24). The Morgan fingerprint density at radius 1 is 1.20 bits per heavy atom. The van der Waals surface area contributed by atoms with Crippen molar-refractivity contribution in [3.05, 3.63) is 59.4 Å². The molecule has 0 spiro atoms. The highest BCUT2D eigenvalue weighted by atomic mass is 19.1. The molecule has 0 aliphatic carbocycles. The molecule has 2 N–H and O–H groups in total. The van der Waals surface area contributed by atoms with E-state index in [2.05, 4.69) is 24.5 Å². The van der Waals surface area contributed by atoms with E-state index in [0.717, 1.165) is 11.3 Å². The molecule has 4 nitrogen and oxygen atoms in total. The van der Waals surface area contributed by atoms with Crippen molar-refractivity contribution in [2.75, 3.05) is 25.0 Å². The van der Waals surface area contributed by atoms with Gasteiger partial charge >= 0.3 is 0 Å². The largest absolute Gasteiger partial charge is 0.489 e. The van der Waals surface area contributed by atoms with Gasteiger partial charge in [-0.2, -0.15) is 0 Å². The molecule has 0 atom stereocenters. The van der Waals surface area contributed by atoms with Gasteiger partial charge in [0.05, 0.1) is 0 Å². The van der Waals surface area contributed by atoms with Crippen LogP contribution in [0.3, 0.4) is 0 Å². The fourth-order valence-electron chi connectivity index (χ4n) is 2.31. The van der Waals surface area contributed by atoms with Gasteiger partial charge in [-0.3, -0.25) is 4.79 Å². The van der Waals surface area contributed by atoms with Crippen molar-refractivity contribution >= 4 is 11.6 Å². The molecule has 1 amide bonds. The van der Waals surface area contributed by atoms with Gasteiger partial charge in [-0.05, 0) is 48.7 Å². The van der Waals surface area contributed by atoms with Gasteiger partial charge in [-0.15, -0.1) is 0 Å². The van der Waals surface area contributed by atoms with Gasteiger partial charge < -0.3 is 15.4 Å². The highest BCUT2D eigenvalue weighted by molar-refractivity contribution is 5.94. The van der Waals surface area contributed by atoms with Gasteiger partial charge in [0.25, 0.3) is 5.91 Å². The van der Waals surface area contributed by atoms with Crippen LogP contribution >= 0.6 is 0 Å². The third kappa shape index (κ3) is 5.78. The Hall–Kier alpha value is -2.56. The Labute approximate surface area is 148 Å². The number of halogens is 1. The zero-order valence-corrected chi connectivity index (χ0v) is 14.9. The van der Waals surface area contributed by atoms with E-state index in [1.54, 1.807) is 24.3 Å². The Kier molecular flexibility index (Phi) is 6.81. The number of para-hydroxylation sites is 1. The summed E-state index contributed by atoms with van der Waals surface area (Å²) in [5, 5.41) is 6.15. The Morgan fingerprint density at radius 2 is 1.96 bits per heavy atom. The summed E-state index contributed by atoms with van der Waals surface area (Å²) in [5.74, 6) is 0.236. The van der Waals surface area contributed by atoms with Crippen molar-refractivity contribution in [3.8, 4) is 5.75 Å². The van der Waals surface area contributed by atoms with Crippen LogP contribution in [-0.4, -0.2) is 25.6 Å². The molecule has 0 fully saturated rings. The molecule has 0 unspecified atom stereocenters. The fourth-order valence-corrected chi connectivity index (χ4v) is 2.31. The summed E-state index contributed by atoms with van der Waals surface area (Å²) in [6.07, 6.45) is 0. The van der Waals surface area contributed by atoms with Crippen molar-refractivity contribution < 1.29 is 13.9 Å². The molecular formula is C20H25FN2O2. The van der Waals surface area contributed by atoms with Gasteiger partial charge in [-0.1, -0.05) is 26.0 Å². The first-order valence-electron chi connectivity index (χ1n) is 8.47. The molecule has 0 heterocycles. The molecule has 0 radical (unpaired) electrons. The van der Waals surface area contributed by atoms with Crippen molar-refractivity contribution in [2.24, 2.45) is 5.92 Å². The van der Waals surface area contributed by atoms with Gasteiger partial charge in [0, 0.05) is 24.3 Å². The van der Waals surface area contributed by atoms with Gasteiger partial charge in [0.15, 0.2) is 11.6 Å². The fraction of sp³-hybridized carbons (Fsp3) is 0.350. The average Bonchev–Trinajstić information content (AvgIpc) is 2.59. The second-order valence-corrected chi connectivity index (χ2v) is 6.34. The number of carbonyl (C=O) groups is 1. The second-order valence-electron chi connectivity index (χ2n) is 6.34. The molecular weight excluding hydrogens is 319 g/mol. The number of hydrogen-bond acceptors (Lipinski definition) is 3. The van der Waals surface area contributed by atoms with Crippen LogP contribution in [0.2, 0.25) is 0 Å². The first kappa shape index (κ1) is 18.8. The van der Waals surface area contributed by atoms with E-state index in [1.165, 1.54) is 6.07 Å². The molecule has 0 bridgehead atoms. The quantitative estimate of drug-likeness (QED) is 0.712. The summed E-state index contributed by atoms with van der Waals surface area (Å²) >= 11 is 0. The number of ether oxygens (including phenoxy) is 1. The maximum absolute atomic E-state index is 13.5. The highest BCUT2D eigenvalue weighted by Crippen LogP contribution is 2.17. The van der Waals surface area contributed by atoms with E-state index in [4.69, 9.17) is 4.74 Å². The first-order valence-corrected chi connectivity index (χ1v) is 8.47. The molecule has 0 aliphatic rings. The molecule has 0 aliphatic heterocycles. The summed E-state index contributed by atoms with van der Waals surface area (Å²) in [5.41, 5.74) is 2.55. The molecule has 0 saturated heterocycles. The van der Waals surface area contributed by atoms with Crippen LogP contribution in [0.4, 0.5) is 10.1 Å². The minimum atomic E-state index is -0.365. The molecule has 134 valence electrons. The number of benzene rings is 2. The molecule has 25 heavy (non-hydrogen) atoms. The molecule has 2 aromatic carbocycles. The van der Waals surface area contributed by atoms with Crippen LogP contribution in [0.15, 0.2) is 42.5 Å². The molecule has 0 aromatic heterocycles. The summed E-state index contributed by atoms with van der Waals surface area (Å²) < 4.78 is 18.9. The molecule has 2 rings (SSSR count). The zero-order valence-electron chi connectivity index (χ0n) is 14.9. The minimum Gasteiger partial charge on any atom is -0.489 e. The van der Waals surface area contributed by atoms with E-state index in [-0.39, 0.29) is 17.5 Å². The number of hydrogen-bond donors (Lipinski definition) is 2. The zero-order chi connectivity index (χ0) is 18.2. The lowest BCUT2D eigenvalue weighted by atomic mass is 10.1. The lowest BCUT2D eigenvalue weighted by molar-refractivity contribution is 0.0949. The predicted octanol–water partition coefficient (Wildman–Crippen LogP) is 4.01. The smallest absolute Gasteiger partial charge is 0.251 e. The number of carbonyl (C=O) groups excluding carboxylic acids is 1. The van der Waals surface area contributed by atoms with E-state index in [1.807, 2.05) is 19.1 Å². The Balaban J connectivity index is 1.84. The van der Waals surface area contributed by atoms with E-state index >= 15 is 0 Å². The number of anilines is 1. The summed E-state index contributed by atoms with van der Waals surface area (Å²) in [7, 11) is 0. The van der Waals surface area contributed by atoms with Crippen molar-refractivity contribution in [1.29, 1.82) is 0 Å². The lowest BCUT2D eigenvalue weighted by Crippen LogP contribution is -2.27. The predicted molar refractivity (Wildman–Crippen MR) is 98.7 cm³/mol. The van der Waals surface area contributed by atoms with Crippen molar-refractivity contribution in [1.82, 2.24) is 5.32 Å². The summed E-state index contributed by atoms with van der Waals surface area (Å²) in [6.45, 7) is 7.60. The van der Waals surface area contributed by atoms with E-state index in [0.29, 0.717) is 31.2 Å². The van der Waals surface area contributed by atoms with Crippen LogP contribution in [-0.2, 0) is 0 Å². The number of nitrogens with one attached hydrogen (secondary N) is 2. The lowest BCUT2D eigenvalue weighted by Gasteiger charge is -2.13.